The second-order valence-corrected chi connectivity index (χ2v) is 13.9. The van der Waals surface area contributed by atoms with E-state index in [9.17, 15) is 23.3 Å². The molecule has 5 atom stereocenters. The Morgan fingerprint density at radius 1 is 0.975 bits per heavy atom. The Kier molecular flexibility index (Phi) is 7.90. The molecule has 2 amide bonds. The number of nitriles is 1. The summed E-state index contributed by atoms with van der Waals surface area (Å²) in [4.78, 5) is 27.2. The molecule has 4 heterocycles. The quantitative estimate of drug-likeness (QED) is 0.484. The van der Waals surface area contributed by atoms with Gasteiger partial charge in [0.05, 0.1) is 18.3 Å². The number of hydrogen-bond donors (Lipinski definition) is 0. The zero-order valence-corrected chi connectivity index (χ0v) is 24.9. The molecule has 0 N–H and O–H groups in total. The first kappa shape index (κ1) is 30.1. The van der Waals surface area contributed by atoms with Crippen LogP contribution in [0.4, 0.5) is 9.59 Å². The third-order valence-corrected chi connectivity index (χ3v) is 8.25. The van der Waals surface area contributed by atoms with Gasteiger partial charge in [-0.15, -0.1) is 0 Å². The largest absolute Gasteiger partial charge is 0.444 e. The summed E-state index contributed by atoms with van der Waals surface area (Å²) in [6.45, 7) is 12.7. The summed E-state index contributed by atoms with van der Waals surface area (Å²) in [7, 11) is -2.04. The van der Waals surface area contributed by atoms with Gasteiger partial charge < -0.3 is 19.3 Å². The van der Waals surface area contributed by atoms with Crippen molar-refractivity contribution in [2.45, 2.75) is 83.2 Å². The van der Waals surface area contributed by atoms with Crippen LogP contribution in [0, 0.1) is 23.2 Å². The third kappa shape index (κ3) is 6.53. The fraction of sp³-hybridized carbons (Fsp3) is 0.769. The van der Waals surface area contributed by atoms with Gasteiger partial charge in [0.25, 0.3) is 0 Å². The molecule has 4 fully saturated rings. The molecule has 3 aliphatic heterocycles. The monoisotopic (exact) mass is 581 g/mol. The van der Waals surface area contributed by atoms with Gasteiger partial charge in [-0.25, -0.2) is 18.0 Å². The first-order chi connectivity index (χ1) is 18.4. The number of amides is 2. The van der Waals surface area contributed by atoms with E-state index >= 15 is 0 Å². The molecule has 1 saturated carbocycles. The lowest BCUT2D eigenvalue weighted by Gasteiger charge is -2.33. The lowest BCUT2D eigenvalue weighted by molar-refractivity contribution is -0.000796. The molecule has 1 aromatic rings. The molecule has 1 aliphatic carbocycles. The van der Waals surface area contributed by atoms with E-state index in [1.165, 1.54) is 4.90 Å². The first-order valence-corrected chi connectivity index (χ1v) is 14.8. The molecular weight excluding hydrogens is 542 g/mol. The normalized spacial score (nSPS) is 30.6. The summed E-state index contributed by atoms with van der Waals surface area (Å²) < 4.78 is 44.1. The highest BCUT2D eigenvalue weighted by atomic mass is 32.3. The average Bonchev–Trinajstić information content (AvgIpc) is 3.05. The third-order valence-electron chi connectivity index (χ3n) is 7.28. The summed E-state index contributed by atoms with van der Waals surface area (Å²) >= 11 is 0. The lowest BCUT2D eigenvalue weighted by atomic mass is 9.99. The van der Waals surface area contributed by atoms with Crippen LogP contribution in [0.25, 0.3) is 0 Å². The SMILES string of the molecule is CC(C)(C)OC(=O)N1CCC2OS(=O)(=O)OC2C1.Cn1ccc(C2(C#N)C3CCN(C(=O)OC(C)(C)C)CC32)n1. The molecule has 5 unspecified atom stereocenters. The predicted molar refractivity (Wildman–Crippen MR) is 141 cm³/mol. The molecule has 0 radical (unpaired) electrons. The molecule has 13 nitrogen and oxygen atoms in total. The summed E-state index contributed by atoms with van der Waals surface area (Å²) in [5.74, 6) is 0.458. The lowest BCUT2D eigenvalue weighted by Crippen LogP contribution is -2.49. The van der Waals surface area contributed by atoms with E-state index in [0.29, 0.717) is 32.0 Å². The number of carbonyl (C=O) groups is 2. The zero-order valence-electron chi connectivity index (χ0n) is 24.1. The van der Waals surface area contributed by atoms with Crippen LogP contribution in [-0.4, -0.2) is 89.8 Å². The number of aryl methyl sites for hydroxylation is 1. The Morgan fingerprint density at radius 2 is 1.52 bits per heavy atom. The fourth-order valence-electron chi connectivity index (χ4n) is 5.51. The Labute approximate surface area is 235 Å². The molecule has 5 rings (SSSR count). The van der Waals surface area contributed by atoms with Crippen molar-refractivity contribution < 1.29 is 35.8 Å². The molecule has 0 spiro atoms. The van der Waals surface area contributed by atoms with Gasteiger partial charge in [0.1, 0.15) is 28.8 Å². The number of carbonyl (C=O) groups excluding carboxylic acids is 2. The van der Waals surface area contributed by atoms with Gasteiger partial charge in [-0.3, -0.25) is 4.68 Å². The van der Waals surface area contributed by atoms with Crippen molar-refractivity contribution in [1.29, 1.82) is 5.26 Å². The number of fused-ring (bicyclic) bond motifs is 2. The Hall–Kier alpha value is -2.89. The first-order valence-electron chi connectivity index (χ1n) is 13.4. The minimum atomic E-state index is -3.89. The maximum absolute atomic E-state index is 12.2. The molecule has 0 aromatic carbocycles. The molecule has 1 aromatic heterocycles. The minimum Gasteiger partial charge on any atom is -0.444 e. The number of ether oxygens (including phenoxy) is 2. The van der Waals surface area contributed by atoms with E-state index in [0.717, 1.165) is 12.1 Å². The van der Waals surface area contributed by atoms with Crippen LogP contribution in [0.15, 0.2) is 12.3 Å². The second kappa shape index (κ2) is 10.5. The standard InChI is InChI=1S/C16H22N4O2.C10H17NO6S/c1-15(2,3)22-14(21)20-8-5-11-12(9-20)16(11,10-17)13-6-7-19(4)18-13;1-10(2,3)15-9(12)11-5-4-7-8(6-11)17-18(13,14)16-7/h6-7,11-12H,5,8-9H2,1-4H3;7-8H,4-6H2,1-3H3. The van der Waals surface area contributed by atoms with Gasteiger partial charge in [0, 0.05) is 38.8 Å². The van der Waals surface area contributed by atoms with Crippen molar-refractivity contribution in [3.63, 3.8) is 0 Å². The van der Waals surface area contributed by atoms with Gasteiger partial charge in [0.2, 0.25) is 0 Å². The Bertz CT molecular complexity index is 1280. The average molecular weight is 582 g/mol. The van der Waals surface area contributed by atoms with Crippen molar-refractivity contribution in [1.82, 2.24) is 19.6 Å². The zero-order chi connectivity index (χ0) is 29.7. The number of rotatable bonds is 1. The van der Waals surface area contributed by atoms with Crippen LogP contribution in [-0.2, 0) is 40.7 Å². The van der Waals surface area contributed by atoms with Gasteiger partial charge in [0.15, 0.2) is 0 Å². The van der Waals surface area contributed by atoms with Gasteiger partial charge >= 0.3 is 22.6 Å². The van der Waals surface area contributed by atoms with E-state index in [1.54, 1.807) is 30.4 Å². The van der Waals surface area contributed by atoms with Crippen molar-refractivity contribution in [2.24, 2.45) is 18.9 Å². The van der Waals surface area contributed by atoms with Gasteiger partial charge in [-0.1, -0.05) is 0 Å². The second-order valence-electron chi connectivity index (χ2n) is 12.7. The Morgan fingerprint density at radius 3 is 2.05 bits per heavy atom. The number of aromatic nitrogens is 2. The van der Waals surface area contributed by atoms with Crippen LogP contribution >= 0.6 is 0 Å². The molecular formula is C26H39N5O8S. The van der Waals surface area contributed by atoms with Crippen LogP contribution in [0.3, 0.4) is 0 Å². The number of piperidine rings is 2. The molecule has 14 heteroatoms. The molecule has 40 heavy (non-hydrogen) atoms. The van der Waals surface area contributed by atoms with Crippen LogP contribution in [0.1, 0.15) is 60.1 Å². The topological polar surface area (TPSA) is 153 Å². The Balaban J connectivity index is 0.000000189. The predicted octanol–water partition coefficient (Wildman–Crippen LogP) is 2.72. The smallest absolute Gasteiger partial charge is 0.410 e. The maximum Gasteiger partial charge on any atom is 0.410 e. The van der Waals surface area contributed by atoms with E-state index in [1.807, 2.05) is 40.1 Å². The van der Waals surface area contributed by atoms with Crippen LogP contribution < -0.4 is 0 Å². The summed E-state index contributed by atoms with van der Waals surface area (Å²) in [6, 6.07) is 4.39. The minimum absolute atomic E-state index is 0.161. The van der Waals surface area contributed by atoms with E-state index in [4.69, 9.17) is 17.8 Å². The number of hydrogen-bond acceptors (Lipinski definition) is 10. The number of likely N-dealkylation sites (tertiary alicyclic amines) is 2. The highest BCUT2D eigenvalue weighted by molar-refractivity contribution is 7.82. The van der Waals surface area contributed by atoms with Gasteiger partial charge in [-0.2, -0.15) is 18.8 Å². The van der Waals surface area contributed by atoms with Crippen molar-refractivity contribution in [2.75, 3.05) is 26.2 Å². The van der Waals surface area contributed by atoms with E-state index in [-0.39, 0.29) is 18.6 Å². The van der Waals surface area contributed by atoms with E-state index in [2.05, 4.69) is 11.2 Å². The highest BCUT2D eigenvalue weighted by Crippen LogP contribution is 2.62. The molecule has 3 saturated heterocycles. The van der Waals surface area contributed by atoms with Crippen LogP contribution in [0.2, 0.25) is 0 Å². The summed E-state index contributed by atoms with van der Waals surface area (Å²) in [5, 5.41) is 14.2. The fourth-order valence-corrected chi connectivity index (χ4v) is 6.56. The molecule has 222 valence electrons. The molecule has 0 bridgehead atoms. The summed E-state index contributed by atoms with van der Waals surface area (Å²) in [6.07, 6.45) is 1.24. The number of nitrogens with zero attached hydrogens (tertiary/aromatic N) is 5. The maximum atomic E-state index is 12.2. The van der Waals surface area contributed by atoms with Gasteiger partial charge in [-0.05, 0) is 66.4 Å². The van der Waals surface area contributed by atoms with Crippen molar-refractivity contribution in [3.05, 3.63) is 18.0 Å². The summed E-state index contributed by atoms with van der Waals surface area (Å²) in [5.41, 5.74) is -0.769. The van der Waals surface area contributed by atoms with Crippen LogP contribution in [0.5, 0.6) is 0 Å². The van der Waals surface area contributed by atoms with Crippen molar-refractivity contribution >= 4 is 22.6 Å². The molecule has 4 aliphatic rings. The van der Waals surface area contributed by atoms with E-state index < -0.39 is 45.3 Å². The van der Waals surface area contributed by atoms with Crippen molar-refractivity contribution in [3.8, 4) is 6.07 Å². The highest BCUT2D eigenvalue weighted by Gasteiger charge is 2.69.